The number of carbonyl (C=O) groups excluding carboxylic acids is 1. The van der Waals surface area contributed by atoms with E-state index < -0.39 is 0 Å². The average Bonchev–Trinajstić information content (AvgIpc) is 3.32. The zero-order valence-electron chi connectivity index (χ0n) is 16.3. The van der Waals surface area contributed by atoms with Crippen molar-refractivity contribution in [2.75, 3.05) is 19.5 Å². The summed E-state index contributed by atoms with van der Waals surface area (Å²) in [4.78, 5) is 13.7. The highest BCUT2D eigenvalue weighted by Gasteiger charge is 2.15. The van der Waals surface area contributed by atoms with Crippen molar-refractivity contribution < 1.29 is 14.3 Å². The molecular weight excluding hydrogens is 372 g/mol. The lowest BCUT2D eigenvalue weighted by molar-refractivity contribution is -0.116. The van der Waals surface area contributed by atoms with Crippen LogP contribution in [-0.4, -0.2) is 44.9 Å². The maximum Gasteiger partial charge on any atom is 0.247 e. The van der Waals surface area contributed by atoms with Gasteiger partial charge in [-0.25, -0.2) is 0 Å². The molecular formula is C20H20N6O3. The van der Waals surface area contributed by atoms with Crippen LogP contribution in [0.5, 0.6) is 11.5 Å². The standard InChI is InChI=1S/C20H20N6O3/c1-25-21-11-18(24-25)23-19(27)12-26-15-8-7-13(9-14(15)10-22-26)20-16(28-2)5-4-6-17(20)29-3/h4-11H,12H2,1-3H3,(H,23,24,27). The topological polar surface area (TPSA) is 96.1 Å². The van der Waals surface area contributed by atoms with Crippen molar-refractivity contribution in [3.05, 3.63) is 48.8 Å². The van der Waals surface area contributed by atoms with Crippen LogP contribution in [-0.2, 0) is 18.4 Å². The van der Waals surface area contributed by atoms with E-state index in [9.17, 15) is 4.79 Å². The Hall–Kier alpha value is -3.88. The fourth-order valence-corrected chi connectivity index (χ4v) is 3.23. The van der Waals surface area contributed by atoms with Crippen molar-refractivity contribution in [2.24, 2.45) is 7.05 Å². The minimum absolute atomic E-state index is 0.0669. The quantitative estimate of drug-likeness (QED) is 0.542. The van der Waals surface area contributed by atoms with E-state index in [0.717, 1.165) is 33.5 Å². The minimum atomic E-state index is -0.231. The van der Waals surface area contributed by atoms with Crippen molar-refractivity contribution >= 4 is 22.6 Å². The number of amides is 1. The molecule has 0 aliphatic rings. The van der Waals surface area contributed by atoms with E-state index in [1.165, 1.54) is 11.0 Å². The third-order valence-electron chi connectivity index (χ3n) is 4.52. The number of fused-ring (bicyclic) bond motifs is 1. The van der Waals surface area contributed by atoms with Crippen LogP contribution in [0.2, 0.25) is 0 Å². The summed E-state index contributed by atoms with van der Waals surface area (Å²) in [7, 11) is 4.94. The highest BCUT2D eigenvalue weighted by molar-refractivity contribution is 5.92. The van der Waals surface area contributed by atoms with Gasteiger partial charge in [-0.15, -0.1) is 5.10 Å². The Kier molecular flexibility index (Phi) is 4.86. The second kappa shape index (κ2) is 7.63. The first-order valence-corrected chi connectivity index (χ1v) is 8.92. The minimum Gasteiger partial charge on any atom is -0.496 e. The summed E-state index contributed by atoms with van der Waals surface area (Å²) in [5.41, 5.74) is 2.65. The predicted molar refractivity (Wildman–Crippen MR) is 108 cm³/mol. The molecule has 0 saturated heterocycles. The van der Waals surface area contributed by atoms with Gasteiger partial charge >= 0.3 is 0 Å². The highest BCUT2D eigenvalue weighted by Crippen LogP contribution is 2.39. The second-order valence-electron chi connectivity index (χ2n) is 6.38. The molecule has 29 heavy (non-hydrogen) atoms. The summed E-state index contributed by atoms with van der Waals surface area (Å²) in [5, 5.41) is 15.9. The van der Waals surface area contributed by atoms with Gasteiger partial charge in [-0.05, 0) is 29.8 Å². The number of hydrogen-bond acceptors (Lipinski definition) is 6. The molecule has 4 aromatic rings. The van der Waals surface area contributed by atoms with Gasteiger partial charge in [0.1, 0.15) is 18.0 Å². The molecule has 1 amide bonds. The van der Waals surface area contributed by atoms with Gasteiger partial charge in [0.2, 0.25) is 5.91 Å². The Labute approximate surface area is 166 Å². The summed E-state index contributed by atoms with van der Waals surface area (Å²) in [6.45, 7) is 0.0669. The molecule has 0 spiro atoms. The van der Waals surface area contributed by atoms with Crippen LogP contribution < -0.4 is 14.8 Å². The number of nitrogens with one attached hydrogen (secondary N) is 1. The molecule has 2 aromatic heterocycles. The lowest BCUT2D eigenvalue weighted by atomic mass is 10.0. The largest absolute Gasteiger partial charge is 0.496 e. The van der Waals surface area contributed by atoms with Crippen LogP contribution in [0.1, 0.15) is 0 Å². The molecule has 0 saturated carbocycles. The van der Waals surface area contributed by atoms with Gasteiger partial charge in [-0.1, -0.05) is 12.1 Å². The van der Waals surface area contributed by atoms with E-state index in [1.54, 1.807) is 32.1 Å². The average molecular weight is 392 g/mol. The first-order chi connectivity index (χ1) is 14.1. The fraction of sp³-hybridized carbons (Fsp3) is 0.200. The number of anilines is 1. The Morgan fingerprint density at radius 2 is 1.83 bits per heavy atom. The van der Waals surface area contributed by atoms with E-state index >= 15 is 0 Å². The number of aromatic nitrogens is 5. The summed E-state index contributed by atoms with van der Waals surface area (Å²) in [6, 6.07) is 11.6. The number of rotatable bonds is 6. The number of nitrogens with zero attached hydrogens (tertiary/aromatic N) is 5. The van der Waals surface area contributed by atoms with Crippen LogP contribution in [0.15, 0.2) is 48.8 Å². The van der Waals surface area contributed by atoms with Gasteiger partial charge < -0.3 is 14.8 Å². The molecule has 0 bridgehead atoms. The highest BCUT2D eigenvalue weighted by atomic mass is 16.5. The summed E-state index contributed by atoms with van der Waals surface area (Å²) >= 11 is 0. The van der Waals surface area contributed by atoms with Crippen molar-refractivity contribution in [3.8, 4) is 22.6 Å². The van der Waals surface area contributed by atoms with Crippen molar-refractivity contribution in [3.63, 3.8) is 0 Å². The van der Waals surface area contributed by atoms with Crippen molar-refractivity contribution in [1.29, 1.82) is 0 Å². The molecule has 0 radical (unpaired) electrons. The third-order valence-corrected chi connectivity index (χ3v) is 4.52. The first kappa shape index (κ1) is 18.5. The lowest BCUT2D eigenvalue weighted by Gasteiger charge is -2.13. The summed E-state index contributed by atoms with van der Waals surface area (Å²) in [5.74, 6) is 1.62. The number of methoxy groups -OCH3 is 2. The van der Waals surface area contributed by atoms with Crippen molar-refractivity contribution in [2.45, 2.75) is 6.54 Å². The Morgan fingerprint density at radius 1 is 1.07 bits per heavy atom. The monoisotopic (exact) mass is 392 g/mol. The Bertz CT molecular complexity index is 1160. The van der Waals surface area contributed by atoms with E-state index in [1.807, 2.05) is 36.4 Å². The number of benzene rings is 2. The zero-order chi connectivity index (χ0) is 20.4. The molecule has 4 rings (SSSR count). The van der Waals surface area contributed by atoms with Gasteiger partial charge in [0, 0.05) is 12.4 Å². The predicted octanol–water partition coefficient (Wildman–Crippen LogP) is 2.49. The molecule has 0 atom stereocenters. The molecule has 2 heterocycles. The molecule has 1 N–H and O–H groups in total. The summed E-state index contributed by atoms with van der Waals surface area (Å²) in [6.07, 6.45) is 3.22. The third kappa shape index (κ3) is 3.62. The molecule has 9 nitrogen and oxygen atoms in total. The van der Waals surface area contributed by atoms with E-state index in [2.05, 4.69) is 20.6 Å². The maximum atomic E-state index is 12.3. The first-order valence-electron chi connectivity index (χ1n) is 8.92. The number of carbonyl (C=O) groups is 1. The number of aryl methyl sites for hydroxylation is 1. The zero-order valence-corrected chi connectivity index (χ0v) is 16.3. The SMILES string of the molecule is COc1cccc(OC)c1-c1ccc2c(cnn2CC(=O)Nc2cnn(C)n2)c1. The lowest BCUT2D eigenvalue weighted by Crippen LogP contribution is -2.19. The molecule has 0 aliphatic carbocycles. The molecule has 2 aromatic carbocycles. The van der Waals surface area contributed by atoms with Gasteiger partial charge in [0.05, 0.1) is 37.7 Å². The van der Waals surface area contributed by atoms with Gasteiger partial charge in [-0.2, -0.15) is 15.0 Å². The smallest absolute Gasteiger partial charge is 0.247 e. The molecule has 0 aliphatic heterocycles. The van der Waals surface area contributed by atoms with Crippen LogP contribution in [0, 0.1) is 0 Å². The van der Waals surface area contributed by atoms with Crippen LogP contribution in [0.25, 0.3) is 22.0 Å². The van der Waals surface area contributed by atoms with Gasteiger partial charge in [0.15, 0.2) is 5.82 Å². The molecule has 0 unspecified atom stereocenters. The van der Waals surface area contributed by atoms with Gasteiger partial charge in [0.25, 0.3) is 0 Å². The van der Waals surface area contributed by atoms with Gasteiger partial charge in [-0.3, -0.25) is 9.48 Å². The maximum absolute atomic E-state index is 12.3. The van der Waals surface area contributed by atoms with Crippen LogP contribution in [0.4, 0.5) is 5.82 Å². The number of ether oxygens (including phenoxy) is 2. The van der Waals surface area contributed by atoms with E-state index in [-0.39, 0.29) is 12.5 Å². The molecule has 0 fully saturated rings. The second-order valence-corrected chi connectivity index (χ2v) is 6.38. The number of hydrogen-bond donors (Lipinski definition) is 1. The Morgan fingerprint density at radius 3 is 2.48 bits per heavy atom. The Balaban J connectivity index is 1.62. The molecule has 148 valence electrons. The van der Waals surface area contributed by atoms with Crippen molar-refractivity contribution in [1.82, 2.24) is 24.8 Å². The normalized spacial score (nSPS) is 10.9. The van der Waals surface area contributed by atoms with Crippen LogP contribution >= 0.6 is 0 Å². The van der Waals surface area contributed by atoms with Crippen LogP contribution in [0.3, 0.4) is 0 Å². The molecule has 9 heteroatoms. The summed E-state index contributed by atoms with van der Waals surface area (Å²) < 4.78 is 12.7. The van der Waals surface area contributed by atoms with E-state index in [4.69, 9.17) is 9.47 Å². The fourth-order valence-electron chi connectivity index (χ4n) is 3.23. The van der Waals surface area contributed by atoms with E-state index in [0.29, 0.717) is 5.82 Å².